The quantitative estimate of drug-likeness (QED) is 0.718. The molecule has 2 bridgehead atoms. The topological polar surface area (TPSA) is 55.4 Å². The maximum atomic E-state index is 12.3. The van der Waals surface area contributed by atoms with E-state index in [-0.39, 0.29) is 18.5 Å². The molecule has 1 N–H and O–H groups in total. The fourth-order valence-corrected chi connectivity index (χ4v) is 4.84. The second kappa shape index (κ2) is 8.59. The first kappa shape index (κ1) is 18.7. The van der Waals surface area contributed by atoms with Crippen molar-refractivity contribution in [2.75, 3.05) is 11.9 Å². The minimum absolute atomic E-state index is 0.223. The number of carbonyl (C=O) groups is 2. The van der Waals surface area contributed by atoms with Crippen LogP contribution in [-0.4, -0.2) is 18.5 Å². The van der Waals surface area contributed by atoms with Gasteiger partial charge in [0.1, 0.15) is 0 Å². The van der Waals surface area contributed by atoms with Crippen LogP contribution >= 0.6 is 0 Å². The highest BCUT2D eigenvalue weighted by molar-refractivity contribution is 5.93. The lowest BCUT2D eigenvalue weighted by atomic mass is 9.86. The molecule has 4 heteroatoms. The van der Waals surface area contributed by atoms with Crippen LogP contribution in [0.3, 0.4) is 0 Å². The normalized spacial score (nSPS) is 22.8. The van der Waals surface area contributed by atoms with Crippen LogP contribution in [0.1, 0.15) is 43.2 Å². The lowest BCUT2D eigenvalue weighted by molar-refractivity contribution is -0.148. The summed E-state index contributed by atoms with van der Waals surface area (Å²) in [6.45, 7) is -0.223. The number of amides is 1. The summed E-state index contributed by atoms with van der Waals surface area (Å²) in [5.41, 5.74) is 2.98. The minimum Gasteiger partial charge on any atom is -0.456 e. The number of anilines is 1. The van der Waals surface area contributed by atoms with Crippen molar-refractivity contribution < 1.29 is 14.3 Å². The first-order valence-corrected chi connectivity index (χ1v) is 10.2. The number of carbonyl (C=O) groups excluding carboxylic acids is 2. The van der Waals surface area contributed by atoms with E-state index in [1.54, 1.807) is 0 Å². The number of nitrogens with one attached hydrogen (secondary N) is 1. The molecule has 4 nitrogen and oxygen atoms in total. The summed E-state index contributed by atoms with van der Waals surface area (Å²) < 4.78 is 5.25. The zero-order valence-corrected chi connectivity index (χ0v) is 16.1. The van der Waals surface area contributed by atoms with E-state index in [2.05, 4.69) is 17.4 Å². The van der Waals surface area contributed by atoms with Crippen LogP contribution in [-0.2, 0) is 20.7 Å². The molecule has 2 fully saturated rings. The van der Waals surface area contributed by atoms with E-state index >= 15 is 0 Å². The van der Waals surface area contributed by atoms with Gasteiger partial charge in [0, 0.05) is 12.1 Å². The summed E-state index contributed by atoms with van der Waals surface area (Å²) in [4.78, 5) is 24.4. The predicted molar refractivity (Wildman–Crippen MR) is 109 cm³/mol. The third-order valence-electron chi connectivity index (χ3n) is 6.21. The van der Waals surface area contributed by atoms with E-state index in [0.29, 0.717) is 18.3 Å². The third kappa shape index (κ3) is 4.61. The van der Waals surface area contributed by atoms with E-state index in [9.17, 15) is 9.59 Å². The van der Waals surface area contributed by atoms with Crippen molar-refractivity contribution in [3.63, 3.8) is 0 Å². The summed E-state index contributed by atoms with van der Waals surface area (Å²) >= 11 is 0. The molecular weight excluding hydrogens is 350 g/mol. The monoisotopic (exact) mass is 377 g/mol. The summed E-state index contributed by atoms with van der Waals surface area (Å²) in [6, 6.07) is 17.9. The molecule has 0 radical (unpaired) electrons. The molecule has 28 heavy (non-hydrogen) atoms. The molecule has 1 amide bonds. The fraction of sp³-hybridized carbons (Fsp3) is 0.417. The molecule has 146 valence electrons. The van der Waals surface area contributed by atoms with Crippen molar-refractivity contribution >= 4 is 17.6 Å². The Bertz CT molecular complexity index is 833. The van der Waals surface area contributed by atoms with Gasteiger partial charge >= 0.3 is 5.97 Å². The van der Waals surface area contributed by atoms with Gasteiger partial charge in [-0.1, -0.05) is 55.0 Å². The van der Waals surface area contributed by atoms with Gasteiger partial charge in [-0.25, -0.2) is 0 Å². The van der Waals surface area contributed by atoms with Gasteiger partial charge < -0.3 is 10.1 Å². The standard InChI is InChI=1S/C24H27NO3/c26-23(16-28-24(27)15-21-14-18-10-11-19(21)13-18)25-22-9-5-4-8-20(22)12-17-6-2-1-3-7-17/h1-9,18-19,21H,10-16H2,(H,25,26)/t18-,19+,21-/m1/s1. The van der Waals surface area contributed by atoms with Crippen LogP contribution in [0.4, 0.5) is 5.69 Å². The van der Waals surface area contributed by atoms with Crippen LogP contribution in [0.15, 0.2) is 54.6 Å². The van der Waals surface area contributed by atoms with Crippen molar-refractivity contribution in [2.45, 2.75) is 38.5 Å². The molecule has 0 aliphatic heterocycles. The molecule has 2 aromatic rings. The molecule has 2 saturated carbocycles. The number of para-hydroxylation sites is 1. The number of hydrogen-bond donors (Lipinski definition) is 1. The maximum Gasteiger partial charge on any atom is 0.306 e. The molecule has 0 aromatic heterocycles. The average Bonchev–Trinajstić information content (AvgIpc) is 3.32. The van der Waals surface area contributed by atoms with Crippen LogP contribution in [0.25, 0.3) is 0 Å². The highest BCUT2D eigenvalue weighted by atomic mass is 16.5. The molecule has 2 aliphatic rings. The third-order valence-corrected chi connectivity index (χ3v) is 6.21. The number of rotatable bonds is 7. The van der Waals surface area contributed by atoms with Gasteiger partial charge in [-0.05, 0) is 60.6 Å². The Morgan fingerprint density at radius 1 is 0.964 bits per heavy atom. The molecule has 0 heterocycles. The van der Waals surface area contributed by atoms with E-state index in [1.165, 1.54) is 24.8 Å². The number of esters is 1. The van der Waals surface area contributed by atoms with Crippen molar-refractivity contribution in [3.05, 3.63) is 65.7 Å². The van der Waals surface area contributed by atoms with E-state index in [4.69, 9.17) is 4.74 Å². The first-order valence-electron chi connectivity index (χ1n) is 10.2. The van der Waals surface area contributed by atoms with Gasteiger partial charge in [-0.15, -0.1) is 0 Å². The molecular formula is C24H27NO3. The Morgan fingerprint density at radius 2 is 1.75 bits per heavy atom. The predicted octanol–water partition coefficient (Wildman–Crippen LogP) is 4.59. The van der Waals surface area contributed by atoms with Crippen molar-refractivity contribution in [3.8, 4) is 0 Å². The molecule has 4 rings (SSSR count). The minimum atomic E-state index is -0.290. The molecule has 2 aromatic carbocycles. The molecule has 0 unspecified atom stereocenters. The molecule has 3 atom stereocenters. The van der Waals surface area contributed by atoms with Gasteiger partial charge in [0.15, 0.2) is 6.61 Å². The Labute approximate surface area is 166 Å². The smallest absolute Gasteiger partial charge is 0.306 e. The Morgan fingerprint density at radius 3 is 2.50 bits per heavy atom. The average molecular weight is 377 g/mol. The fourth-order valence-electron chi connectivity index (χ4n) is 4.84. The molecule has 0 saturated heterocycles. The Hall–Kier alpha value is -2.62. The van der Waals surface area contributed by atoms with Gasteiger partial charge in [-0.3, -0.25) is 9.59 Å². The number of benzene rings is 2. The van der Waals surface area contributed by atoms with E-state index in [0.717, 1.165) is 30.0 Å². The highest BCUT2D eigenvalue weighted by Gasteiger charge is 2.40. The summed E-state index contributed by atoms with van der Waals surface area (Å²) in [5, 5.41) is 2.89. The lowest BCUT2D eigenvalue weighted by Crippen LogP contribution is -2.23. The van der Waals surface area contributed by atoms with Crippen LogP contribution in [0.5, 0.6) is 0 Å². The zero-order chi connectivity index (χ0) is 19.3. The molecule has 0 spiro atoms. The Kier molecular flexibility index (Phi) is 5.75. The SMILES string of the molecule is O=C(COC(=O)C[C@H]1C[C@@H]2CC[C@H]1C2)Nc1ccccc1Cc1ccccc1. The van der Waals surface area contributed by atoms with Gasteiger partial charge in [-0.2, -0.15) is 0 Å². The summed E-state index contributed by atoms with van der Waals surface area (Å²) in [5.74, 6) is 1.43. The van der Waals surface area contributed by atoms with Crippen molar-refractivity contribution in [1.82, 2.24) is 0 Å². The van der Waals surface area contributed by atoms with Gasteiger partial charge in [0.2, 0.25) is 0 Å². The largest absolute Gasteiger partial charge is 0.456 e. The number of hydrogen-bond acceptors (Lipinski definition) is 3. The molecule has 2 aliphatic carbocycles. The highest BCUT2D eigenvalue weighted by Crippen LogP contribution is 2.49. The second-order valence-electron chi connectivity index (χ2n) is 8.17. The first-order chi connectivity index (χ1) is 13.7. The van der Waals surface area contributed by atoms with Gasteiger partial charge in [0.25, 0.3) is 5.91 Å². The van der Waals surface area contributed by atoms with Crippen molar-refractivity contribution in [1.29, 1.82) is 0 Å². The van der Waals surface area contributed by atoms with Crippen LogP contribution in [0.2, 0.25) is 0 Å². The van der Waals surface area contributed by atoms with Crippen molar-refractivity contribution in [2.24, 2.45) is 17.8 Å². The van der Waals surface area contributed by atoms with Gasteiger partial charge in [0.05, 0.1) is 0 Å². The Balaban J connectivity index is 1.27. The number of ether oxygens (including phenoxy) is 1. The van der Waals surface area contributed by atoms with E-state index < -0.39 is 0 Å². The maximum absolute atomic E-state index is 12.3. The van der Waals surface area contributed by atoms with Crippen LogP contribution in [0, 0.1) is 17.8 Å². The van der Waals surface area contributed by atoms with E-state index in [1.807, 2.05) is 42.5 Å². The lowest BCUT2D eigenvalue weighted by Gasteiger charge is -2.20. The zero-order valence-electron chi connectivity index (χ0n) is 16.1. The summed E-state index contributed by atoms with van der Waals surface area (Å²) in [7, 11) is 0. The van der Waals surface area contributed by atoms with Crippen LogP contribution < -0.4 is 5.32 Å². The second-order valence-corrected chi connectivity index (χ2v) is 8.17. The summed E-state index contributed by atoms with van der Waals surface area (Å²) in [6.07, 6.45) is 6.19. The number of fused-ring (bicyclic) bond motifs is 2.